The van der Waals surface area contributed by atoms with Gasteiger partial charge in [-0.3, -0.25) is 4.79 Å². The molecule has 1 aliphatic rings. The Kier molecular flexibility index (Phi) is 4.84. The number of amides is 1. The summed E-state index contributed by atoms with van der Waals surface area (Å²) in [7, 11) is 0. The number of anilines is 1. The van der Waals surface area contributed by atoms with Crippen LogP contribution in [0.1, 0.15) is 36.9 Å². The van der Waals surface area contributed by atoms with E-state index in [0.717, 1.165) is 37.0 Å². The van der Waals surface area contributed by atoms with Crippen LogP contribution < -0.4 is 10.2 Å². The van der Waals surface area contributed by atoms with Crippen molar-refractivity contribution in [3.05, 3.63) is 59.7 Å². The molecule has 0 spiro atoms. The third kappa shape index (κ3) is 3.68. The Labute approximate surface area is 159 Å². The molecule has 1 aromatic heterocycles. The maximum Gasteiger partial charge on any atom is 0.298 e. The first-order valence-electron chi connectivity index (χ1n) is 9.58. The van der Waals surface area contributed by atoms with E-state index in [2.05, 4.69) is 34.3 Å². The van der Waals surface area contributed by atoms with Crippen LogP contribution in [0.2, 0.25) is 0 Å². The lowest BCUT2D eigenvalue weighted by atomic mass is 9.95. The summed E-state index contributed by atoms with van der Waals surface area (Å²) in [5.74, 6) is 0.181. The summed E-state index contributed by atoms with van der Waals surface area (Å²) in [6, 6.07) is 16.7. The van der Waals surface area contributed by atoms with Gasteiger partial charge >= 0.3 is 0 Å². The Balaban J connectivity index is 1.36. The van der Waals surface area contributed by atoms with Crippen LogP contribution in [-0.4, -0.2) is 24.0 Å². The number of rotatable bonds is 4. The number of aromatic nitrogens is 1. The molecule has 1 unspecified atom stereocenters. The van der Waals surface area contributed by atoms with Crippen molar-refractivity contribution in [2.45, 2.75) is 32.7 Å². The van der Waals surface area contributed by atoms with Crippen LogP contribution in [0.15, 0.2) is 52.9 Å². The summed E-state index contributed by atoms with van der Waals surface area (Å²) in [6.45, 7) is 5.69. The van der Waals surface area contributed by atoms with E-state index in [0.29, 0.717) is 6.01 Å². The molecule has 2 aromatic carbocycles. The van der Waals surface area contributed by atoms with Gasteiger partial charge in [-0.15, -0.1) is 0 Å². The van der Waals surface area contributed by atoms with Gasteiger partial charge in [0.05, 0.1) is 6.04 Å². The second kappa shape index (κ2) is 7.43. The van der Waals surface area contributed by atoms with Crippen molar-refractivity contribution >= 4 is 23.0 Å². The number of hydrogen-bond donors (Lipinski definition) is 1. The monoisotopic (exact) mass is 363 g/mol. The molecule has 1 N–H and O–H groups in total. The minimum atomic E-state index is 0.0220. The van der Waals surface area contributed by atoms with Crippen molar-refractivity contribution in [1.29, 1.82) is 0 Å². The highest BCUT2D eigenvalue weighted by Crippen LogP contribution is 2.27. The fraction of sp³-hybridized carbons (Fsp3) is 0.364. The first-order chi connectivity index (χ1) is 13.1. The first-order valence-corrected chi connectivity index (χ1v) is 9.58. The van der Waals surface area contributed by atoms with Crippen molar-refractivity contribution in [1.82, 2.24) is 10.3 Å². The van der Waals surface area contributed by atoms with E-state index >= 15 is 0 Å². The summed E-state index contributed by atoms with van der Waals surface area (Å²) in [6.07, 6.45) is 1.62. The number of hydrogen-bond acceptors (Lipinski definition) is 4. The molecule has 0 bridgehead atoms. The predicted octanol–water partition coefficient (Wildman–Crippen LogP) is 4.23. The maximum absolute atomic E-state index is 12.7. The number of benzene rings is 2. The lowest BCUT2D eigenvalue weighted by Gasteiger charge is -2.31. The van der Waals surface area contributed by atoms with Crippen molar-refractivity contribution in [3.63, 3.8) is 0 Å². The third-order valence-electron chi connectivity index (χ3n) is 5.43. The molecule has 1 saturated heterocycles. The van der Waals surface area contributed by atoms with Crippen LogP contribution in [0.25, 0.3) is 11.1 Å². The summed E-state index contributed by atoms with van der Waals surface area (Å²) in [5.41, 5.74) is 4.06. The van der Waals surface area contributed by atoms with Crippen LogP contribution in [-0.2, 0) is 4.79 Å². The van der Waals surface area contributed by atoms with E-state index < -0.39 is 0 Å². The number of nitrogens with zero attached hydrogens (tertiary/aromatic N) is 2. The predicted molar refractivity (Wildman–Crippen MR) is 107 cm³/mol. The van der Waals surface area contributed by atoms with Gasteiger partial charge in [0.1, 0.15) is 5.52 Å². The zero-order chi connectivity index (χ0) is 18.8. The summed E-state index contributed by atoms with van der Waals surface area (Å²) >= 11 is 0. The number of fused-ring (bicyclic) bond motifs is 1. The zero-order valence-corrected chi connectivity index (χ0v) is 15.8. The highest BCUT2D eigenvalue weighted by atomic mass is 16.4. The molecule has 1 amide bonds. The zero-order valence-electron chi connectivity index (χ0n) is 15.8. The number of aryl methyl sites for hydroxylation is 1. The molecule has 5 heteroatoms. The molecule has 0 radical (unpaired) electrons. The van der Waals surface area contributed by atoms with Crippen molar-refractivity contribution in [2.75, 3.05) is 18.0 Å². The van der Waals surface area contributed by atoms with Crippen molar-refractivity contribution in [3.8, 4) is 0 Å². The van der Waals surface area contributed by atoms with Gasteiger partial charge in [0.2, 0.25) is 5.91 Å². The van der Waals surface area contributed by atoms with E-state index in [9.17, 15) is 4.79 Å². The van der Waals surface area contributed by atoms with Gasteiger partial charge in [-0.1, -0.05) is 36.4 Å². The van der Waals surface area contributed by atoms with Gasteiger partial charge in [0.15, 0.2) is 5.58 Å². The van der Waals surface area contributed by atoms with E-state index in [1.807, 2.05) is 43.3 Å². The standard InChI is InChI=1S/C22H25N3O2/c1-15-7-3-4-8-18(15)16(2)23-21(26)17-11-13-25(14-12-17)22-24-19-9-5-6-10-20(19)27-22/h3-10,16-17H,11-14H2,1-2H3,(H,23,26). The van der Waals surface area contributed by atoms with Gasteiger partial charge in [0.25, 0.3) is 6.01 Å². The van der Waals surface area contributed by atoms with E-state index in [4.69, 9.17) is 4.42 Å². The summed E-state index contributed by atoms with van der Waals surface area (Å²) < 4.78 is 5.85. The molecular weight excluding hydrogens is 338 g/mol. The topological polar surface area (TPSA) is 58.4 Å². The van der Waals surface area contributed by atoms with E-state index in [-0.39, 0.29) is 17.9 Å². The highest BCUT2D eigenvalue weighted by Gasteiger charge is 2.28. The molecular formula is C22H25N3O2. The Morgan fingerprint density at radius 1 is 1.15 bits per heavy atom. The lowest BCUT2D eigenvalue weighted by molar-refractivity contribution is -0.126. The first kappa shape index (κ1) is 17.6. The number of piperidine rings is 1. The third-order valence-corrected chi connectivity index (χ3v) is 5.43. The summed E-state index contributed by atoms with van der Waals surface area (Å²) in [5, 5.41) is 3.19. The minimum Gasteiger partial charge on any atom is -0.423 e. The summed E-state index contributed by atoms with van der Waals surface area (Å²) in [4.78, 5) is 19.4. The smallest absolute Gasteiger partial charge is 0.298 e. The Hall–Kier alpha value is -2.82. The molecule has 4 rings (SSSR count). The number of carbonyl (C=O) groups is 1. The van der Waals surface area contributed by atoms with Crippen LogP contribution in [0.4, 0.5) is 6.01 Å². The van der Waals surface area contributed by atoms with Crippen LogP contribution >= 0.6 is 0 Å². The molecule has 0 saturated carbocycles. The maximum atomic E-state index is 12.7. The SMILES string of the molecule is Cc1ccccc1C(C)NC(=O)C1CCN(c2nc3ccccc3o2)CC1. The molecule has 27 heavy (non-hydrogen) atoms. The second-order valence-electron chi connectivity index (χ2n) is 7.31. The largest absolute Gasteiger partial charge is 0.423 e. The van der Waals surface area contributed by atoms with Crippen molar-refractivity contribution in [2.24, 2.45) is 5.92 Å². The molecule has 1 aliphatic heterocycles. The molecule has 1 atom stereocenters. The van der Waals surface area contributed by atoms with Crippen LogP contribution in [0, 0.1) is 12.8 Å². The van der Waals surface area contributed by atoms with Gasteiger partial charge in [0, 0.05) is 19.0 Å². The number of para-hydroxylation sites is 2. The van der Waals surface area contributed by atoms with Gasteiger partial charge in [-0.2, -0.15) is 4.98 Å². The molecule has 0 aliphatic carbocycles. The normalized spacial score (nSPS) is 16.4. The number of carbonyl (C=O) groups excluding carboxylic acids is 1. The van der Waals surface area contributed by atoms with E-state index in [1.54, 1.807) is 0 Å². The molecule has 140 valence electrons. The average molecular weight is 363 g/mol. The number of nitrogens with one attached hydrogen (secondary N) is 1. The average Bonchev–Trinajstić information content (AvgIpc) is 3.12. The van der Waals surface area contributed by atoms with Crippen LogP contribution in [0.5, 0.6) is 0 Å². The molecule has 2 heterocycles. The minimum absolute atomic E-state index is 0.0220. The molecule has 3 aromatic rings. The quantitative estimate of drug-likeness (QED) is 0.754. The van der Waals surface area contributed by atoms with E-state index in [1.165, 1.54) is 11.1 Å². The van der Waals surface area contributed by atoms with Crippen LogP contribution in [0.3, 0.4) is 0 Å². The second-order valence-corrected chi connectivity index (χ2v) is 7.31. The van der Waals surface area contributed by atoms with Crippen molar-refractivity contribution < 1.29 is 9.21 Å². The fourth-order valence-electron chi connectivity index (χ4n) is 3.81. The lowest BCUT2D eigenvalue weighted by Crippen LogP contribution is -2.41. The Morgan fingerprint density at radius 3 is 2.59 bits per heavy atom. The van der Waals surface area contributed by atoms with Gasteiger partial charge < -0.3 is 14.6 Å². The molecule has 5 nitrogen and oxygen atoms in total. The Bertz CT molecular complexity index is 908. The number of oxazole rings is 1. The highest BCUT2D eigenvalue weighted by molar-refractivity contribution is 5.79. The van der Waals surface area contributed by atoms with Gasteiger partial charge in [-0.05, 0) is 49.9 Å². The van der Waals surface area contributed by atoms with Gasteiger partial charge in [-0.25, -0.2) is 0 Å². The Morgan fingerprint density at radius 2 is 1.85 bits per heavy atom. The fourth-order valence-corrected chi connectivity index (χ4v) is 3.81. The molecule has 1 fully saturated rings.